The molecule has 0 saturated carbocycles. The van der Waals surface area contributed by atoms with Gasteiger partial charge in [-0.25, -0.2) is 9.97 Å². The molecule has 0 unspecified atom stereocenters. The van der Waals surface area contributed by atoms with Gasteiger partial charge < -0.3 is 0 Å². The molecule has 0 saturated heterocycles. The predicted octanol–water partition coefficient (Wildman–Crippen LogP) is 1.75. The van der Waals surface area contributed by atoms with Crippen molar-refractivity contribution < 1.29 is 0 Å². The molecule has 4 heteroatoms. The highest BCUT2D eigenvalue weighted by Gasteiger charge is 1.96. The van der Waals surface area contributed by atoms with E-state index in [0.717, 1.165) is 16.1 Å². The molecule has 2 heterocycles. The lowest BCUT2D eigenvalue weighted by molar-refractivity contribution is 1.00. The third kappa shape index (κ3) is 1.25. The number of aromatic nitrogens is 3. The lowest BCUT2D eigenvalue weighted by Crippen LogP contribution is -1.86. The van der Waals surface area contributed by atoms with Crippen LogP contribution in [0.5, 0.6) is 0 Å². The van der Waals surface area contributed by atoms with Crippen molar-refractivity contribution in [2.45, 2.75) is 5.16 Å². The molecule has 0 radical (unpaired) electrons. The Hall–Kier alpha value is -1.16. The second-order valence-corrected chi connectivity index (χ2v) is 3.06. The van der Waals surface area contributed by atoms with Crippen molar-refractivity contribution in [3.63, 3.8) is 0 Å². The first-order chi connectivity index (χ1) is 5.90. The van der Waals surface area contributed by atoms with Gasteiger partial charge >= 0.3 is 0 Å². The molecule has 60 valence electrons. The maximum atomic E-state index is 4.31. The van der Waals surface area contributed by atoms with E-state index in [4.69, 9.17) is 0 Å². The maximum Gasteiger partial charge on any atom is 0.187 e. The number of nitrogens with zero attached hydrogens (tertiary/aromatic N) is 3. The van der Waals surface area contributed by atoms with Crippen LogP contribution in [0.4, 0.5) is 0 Å². The highest BCUT2D eigenvalue weighted by atomic mass is 32.2. The molecule has 0 aliphatic carbocycles. The van der Waals surface area contributed by atoms with Crippen LogP contribution < -0.4 is 0 Å². The fourth-order valence-corrected chi connectivity index (χ4v) is 1.30. The van der Waals surface area contributed by atoms with Crippen LogP contribution in [0.2, 0.25) is 0 Å². The van der Waals surface area contributed by atoms with E-state index in [0.29, 0.717) is 0 Å². The average Bonchev–Trinajstić information content (AvgIpc) is 2.17. The van der Waals surface area contributed by atoms with Crippen molar-refractivity contribution in [2.75, 3.05) is 6.26 Å². The Morgan fingerprint density at radius 3 is 3.08 bits per heavy atom. The van der Waals surface area contributed by atoms with Gasteiger partial charge in [-0.05, 0) is 12.3 Å². The van der Waals surface area contributed by atoms with E-state index in [-0.39, 0.29) is 0 Å². The van der Waals surface area contributed by atoms with E-state index in [1.807, 2.05) is 12.3 Å². The van der Waals surface area contributed by atoms with Gasteiger partial charge in [0.05, 0.1) is 5.52 Å². The third-order valence-electron chi connectivity index (χ3n) is 1.54. The Bertz CT molecular complexity index is 402. The maximum absolute atomic E-state index is 4.31. The van der Waals surface area contributed by atoms with Gasteiger partial charge in [-0.3, -0.25) is 4.98 Å². The minimum absolute atomic E-state index is 0.800. The summed E-state index contributed by atoms with van der Waals surface area (Å²) in [6, 6.07) is 1.89. The fraction of sp³-hybridized carbons (Fsp3) is 0.125. The van der Waals surface area contributed by atoms with E-state index in [1.54, 1.807) is 30.4 Å². The Kier molecular flexibility index (Phi) is 1.91. The molecule has 0 bridgehead atoms. The first kappa shape index (κ1) is 7.49. The Morgan fingerprint density at radius 2 is 2.25 bits per heavy atom. The lowest BCUT2D eigenvalue weighted by atomic mass is 10.3. The van der Waals surface area contributed by atoms with Gasteiger partial charge in [-0.15, -0.1) is 0 Å². The molecule has 0 fully saturated rings. The van der Waals surface area contributed by atoms with Crippen LogP contribution in [0.3, 0.4) is 0 Å². The molecule has 2 rings (SSSR count). The zero-order chi connectivity index (χ0) is 8.39. The quantitative estimate of drug-likeness (QED) is 0.491. The summed E-state index contributed by atoms with van der Waals surface area (Å²) in [6.07, 6.45) is 7.25. The van der Waals surface area contributed by atoms with Gasteiger partial charge in [0.1, 0.15) is 0 Å². The van der Waals surface area contributed by atoms with Crippen molar-refractivity contribution in [3.05, 3.63) is 24.7 Å². The molecule has 0 aliphatic rings. The SMILES string of the molecule is CSc1ncc2cnccc2n1. The normalized spacial score (nSPS) is 10.4. The van der Waals surface area contributed by atoms with Gasteiger partial charge in [-0.1, -0.05) is 11.8 Å². The van der Waals surface area contributed by atoms with Crippen molar-refractivity contribution in [2.24, 2.45) is 0 Å². The predicted molar refractivity (Wildman–Crippen MR) is 49.1 cm³/mol. The second kappa shape index (κ2) is 3.06. The van der Waals surface area contributed by atoms with Crippen molar-refractivity contribution in [1.82, 2.24) is 15.0 Å². The summed E-state index contributed by atoms with van der Waals surface area (Å²) in [5.41, 5.74) is 0.948. The smallest absolute Gasteiger partial charge is 0.187 e. The summed E-state index contributed by atoms with van der Waals surface area (Å²) in [6.45, 7) is 0. The van der Waals surface area contributed by atoms with Crippen LogP contribution in [0, 0.1) is 0 Å². The molecule has 0 aliphatic heterocycles. The van der Waals surface area contributed by atoms with Crippen LogP contribution in [0.25, 0.3) is 10.9 Å². The van der Waals surface area contributed by atoms with Crippen LogP contribution >= 0.6 is 11.8 Å². The van der Waals surface area contributed by atoms with Gasteiger partial charge in [0.2, 0.25) is 0 Å². The number of rotatable bonds is 1. The second-order valence-electron chi connectivity index (χ2n) is 2.29. The number of hydrogen-bond donors (Lipinski definition) is 0. The zero-order valence-corrected chi connectivity index (χ0v) is 7.38. The Morgan fingerprint density at radius 1 is 1.33 bits per heavy atom. The summed E-state index contributed by atoms with van der Waals surface area (Å²) in [7, 11) is 0. The standard InChI is InChI=1S/C8H7N3S/c1-12-8-10-5-6-4-9-3-2-7(6)11-8/h2-5H,1H3. The summed E-state index contributed by atoms with van der Waals surface area (Å²) < 4.78 is 0. The Balaban J connectivity index is 2.67. The van der Waals surface area contributed by atoms with Gasteiger partial charge in [0.15, 0.2) is 5.16 Å². The first-order valence-corrected chi connectivity index (χ1v) is 4.73. The van der Waals surface area contributed by atoms with E-state index < -0.39 is 0 Å². The van der Waals surface area contributed by atoms with Gasteiger partial charge in [-0.2, -0.15) is 0 Å². The molecule has 0 N–H and O–H groups in total. The number of hydrogen-bond acceptors (Lipinski definition) is 4. The Labute approximate surface area is 74.3 Å². The van der Waals surface area contributed by atoms with Crippen LogP contribution in [0.1, 0.15) is 0 Å². The van der Waals surface area contributed by atoms with Crippen molar-refractivity contribution in [1.29, 1.82) is 0 Å². The lowest BCUT2D eigenvalue weighted by Gasteiger charge is -1.96. The van der Waals surface area contributed by atoms with E-state index >= 15 is 0 Å². The average molecular weight is 177 g/mol. The van der Waals surface area contributed by atoms with E-state index in [1.165, 1.54) is 0 Å². The zero-order valence-electron chi connectivity index (χ0n) is 6.56. The van der Waals surface area contributed by atoms with E-state index in [9.17, 15) is 0 Å². The van der Waals surface area contributed by atoms with E-state index in [2.05, 4.69) is 15.0 Å². The number of fused-ring (bicyclic) bond motifs is 1. The van der Waals surface area contributed by atoms with Crippen LogP contribution in [0.15, 0.2) is 29.8 Å². The number of pyridine rings is 1. The minimum Gasteiger partial charge on any atom is -0.264 e. The highest BCUT2D eigenvalue weighted by Crippen LogP contribution is 2.13. The number of thioether (sulfide) groups is 1. The summed E-state index contributed by atoms with van der Waals surface area (Å²) in [4.78, 5) is 12.4. The molecule has 12 heavy (non-hydrogen) atoms. The monoisotopic (exact) mass is 177 g/mol. The molecule has 2 aromatic rings. The summed E-state index contributed by atoms with van der Waals surface area (Å²) >= 11 is 1.54. The van der Waals surface area contributed by atoms with Crippen molar-refractivity contribution in [3.8, 4) is 0 Å². The molecular formula is C8H7N3S. The summed E-state index contributed by atoms with van der Waals surface area (Å²) in [5, 5.41) is 1.78. The molecule has 0 aromatic carbocycles. The first-order valence-electron chi connectivity index (χ1n) is 3.51. The van der Waals surface area contributed by atoms with Crippen LogP contribution in [-0.4, -0.2) is 21.2 Å². The van der Waals surface area contributed by atoms with Crippen LogP contribution in [-0.2, 0) is 0 Å². The largest absolute Gasteiger partial charge is 0.264 e. The van der Waals surface area contributed by atoms with Gasteiger partial charge in [0.25, 0.3) is 0 Å². The molecule has 3 nitrogen and oxygen atoms in total. The summed E-state index contributed by atoms with van der Waals surface area (Å²) in [5.74, 6) is 0. The van der Waals surface area contributed by atoms with Gasteiger partial charge in [0, 0.05) is 24.0 Å². The topological polar surface area (TPSA) is 38.7 Å². The molecule has 2 aromatic heterocycles. The highest BCUT2D eigenvalue weighted by molar-refractivity contribution is 7.98. The third-order valence-corrected chi connectivity index (χ3v) is 2.10. The van der Waals surface area contributed by atoms with Crippen molar-refractivity contribution >= 4 is 22.7 Å². The minimum atomic E-state index is 0.800. The molecule has 0 atom stereocenters. The molecular weight excluding hydrogens is 170 g/mol. The fourth-order valence-electron chi connectivity index (χ4n) is 0.956. The molecule has 0 amide bonds. The molecule has 0 spiro atoms.